The summed E-state index contributed by atoms with van der Waals surface area (Å²) in [6.07, 6.45) is 1.72. The van der Waals surface area contributed by atoms with Crippen LogP contribution in [-0.4, -0.2) is 9.12 Å². The smallest absolute Gasteiger partial charge is 0.0850 e. The molecule has 0 bridgehead atoms. The first-order chi connectivity index (χ1) is 2.50. The maximum Gasteiger partial charge on any atom is 0.0850 e. The van der Waals surface area contributed by atoms with Gasteiger partial charge >= 0.3 is 0 Å². The van der Waals surface area contributed by atoms with Gasteiger partial charge in [0, 0.05) is 0 Å². The van der Waals surface area contributed by atoms with Crippen molar-refractivity contribution >= 4 is 9.12 Å². The van der Waals surface area contributed by atoms with Crippen LogP contribution in [0, 0.1) is 0 Å². The molecule has 1 aromatic rings. The van der Waals surface area contributed by atoms with E-state index in [9.17, 15) is 0 Å². The van der Waals surface area contributed by atoms with Crippen LogP contribution in [0.25, 0.3) is 0 Å². The van der Waals surface area contributed by atoms with Crippen molar-refractivity contribution in [2.24, 2.45) is 0 Å². The van der Waals surface area contributed by atoms with Crippen molar-refractivity contribution in [3.63, 3.8) is 0 Å². The maximum absolute atomic E-state index is 4.68. The fourth-order valence-corrected chi connectivity index (χ4v) is 0.680. The predicted octanol–water partition coefficient (Wildman–Crippen LogP) is 0.350. The van der Waals surface area contributed by atoms with Gasteiger partial charge in [-0.3, -0.25) is 0 Å². The summed E-state index contributed by atoms with van der Waals surface area (Å²) in [6, 6.07) is 0. The fourth-order valence-electron chi connectivity index (χ4n) is 0.227. The van der Waals surface area contributed by atoms with Crippen LogP contribution in [0.4, 0.5) is 0 Å². The van der Waals surface area contributed by atoms with Gasteiger partial charge in [0.25, 0.3) is 0 Å². The largest absolute Gasteiger partial charge is 0.479 e. The molecule has 0 spiro atoms. The predicted molar refractivity (Wildman–Crippen MR) is 21.4 cm³/mol. The molecule has 0 saturated carbocycles. The van der Waals surface area contributed by atoms with Crippen LogP contribution in [-0.2, 0) is 0 Å². The zero-order chi connectivity index (χ0) is 3.54. The van der Waals surface area contributed by atoms with Gasteiger partial charge in [0.05, 0.1) is 21.3 Å². The number of hydrogen-bond acceptors (Lipinski definition) is 1. The van der Waals surface area contributed by atoms with E-state index in [0.29, 0.717) is 9.12 Å². The SMILES string of the molecule is c1c[siH]co1. The fraction of sp³-hybridized carbons (Fsp3) is 0. The average molecular weight is 84.1 g/mol. The molecule has 5 heavy (non-hydrogen) atoms. The van der Waals surface area contributed by atoms with Gasteiger partial charge < -0.3 is 4.42 Å². The van der Waals surface area contributed by atoms with Gasteiger partial charge in [0.1, 0.15) is 0 Å². The van der Waals surface area contributed by atoms with Gasteiger partial charge in [-0.25, -0.2) is 0 Å². The Morgan fingerprint density at radius 2 is 2.60 bits per heavy atom. The van der Waals surface area contributed by atoms with Gasteiger partial charge in [-0.1, -0.05) is 0 Å². The summed E-state index contributed by atoms with van der Waals surface area (Å²) in [7, 11) is 0.398. The molecule has 1 nitrogen and oxygen atoms in total. The third-order valence-electron chi connectivity index (χ3n) is 0.425. The van der Waals surface area contributed by atoms with E-state index >= 15 is 0 Å². The van der Waals surface area contributed by atoms with Gasteiger partial charge in [0.15, 0.2) is 0 Å². The summed E-state index contributed by atoms with van der Waals surface area (Å²) in [5.41, 5.74) is 2.04. The average Bonchev–Trinajstić information content (AvgIpc) is 1.76. The zero-order valence-corrected chi connectivity index (χ0v) is 3.87. The first kappa shape index (κ1) is 2.84. The van der Waals surface area contributed by atoms with Crippen LogP contribution in [0.2, 0.25) is 0 Å². The molecule has 0 aliphatic carbocycles. The first-order valence-electron chi connectivity index (χ1n) is 1.47. The molecule has 1 rings (SSSR count). The van der Waals surface area contributed by atoms with E-state index in [0.717, 1.165) is 0 Å². The van der Waals surface area contributed by atoms with Gasteiger partial charge in [-0.15, -0.1) is 0 Å². The van der Waals surface area contributed by atoms with E-state index in [1.807, 2.05) is 11.6 Å². The van der Waals surface area contributed by atoms with E-state index < -0.39 is 0 Å². The van der Waals surface area contributed by atoms with Crippen LogP contribution in [0.3, 0.4) is 0 Å². The standard InChI is InChI=1S/C3H4OSi/c1-2-5-3-4-1/h1-3,5H. The molecule has 26 valence electrons. The Bertz CT molecular complexity index is 63.4. The van der Waals surface area contributed by atoms with Crippen molar-refractivity contribution in [2.75, 3.05) is 0 Å². The van der Waals surface area contributed by atoms with Gasteiger partial charge in [-0.2, -0.15) is 0 Å². The first-order valence-corrected chi connectivity index (χ1v) is 2.80. The Morgan fingerprint density at radius 3 is 2.80 bits per heavy atom. The molecule has 0 unspecified atom stereocenters. The van der Waals surface area contributed by atoms with E-state index in [1.165, 1.54) is 0 Å². The lowest BCUT2D eigenvalue weighted by Crippen LogP contribution is -1.41. The van der Waals surface area contributed by atoms with E-state index in [1.54, 1.807) is 6.26 Å². The molecule has 0 aliphatic heterocycles. The molecular formula is C3H4OSi. The van der Waals surface area contributed by atoms with E-state index in [4.69, 9.17) is 0 Å². The monoisotopic (exact) mass is 84.0 g/mol. The maximum atomic E-state index is 4.68. The molecular weight excluding hydrogens is 80.1 g/mol. The summed E-state index contributed by atoms with van der Waals surface area (Å²) in [5.74, 6) is 1.83. The Balaban J connectivity index is 3.13. The molecule has 0 aliphatic rings. The van der Waals surface area contributed by atoms with E-state index in [2.05, 4.69) is 4.42 Å². The summed E-state index contributed by atoms with van der Waals surface area (Å²) < 4.78 is 4.68. The van der Waals surface area contributed by atoms with Crippen LogP contribution < -0.4 is 0 Å². The van der Waals surface area contributed by atoms with Crippen LogP contribution >= 0.6 is 0 Å². The molecule has 0 amide bonds. The van der Waals surface area contributed by atoms with Crippen LogP contribution in [0.5, 0.6) is 0 Å². The van der Waals surface area contributed by atoms with Crippen LogP contribution in [0.1, 0.15) is 0 Å². The highest BCUT2D eigenvalue weighted by Gasteiger charge is 1.60. The number of rotatable bonds is 0. The molecule has 0 fully saturated rings. The third kappa shape index (κ3) is 0.448. The van der Waals surface area contributed by atoms with Crippen molar-refractivity contribution < 1.29 is 4.42 Å². The lowest BCUT2D eigenvalue weighted by Gasteiger charge is -1.51. The molecule has 1 heterocycles. The molecule has 0 radical (unpaired) electrons. The van der Waals surface area contributed by atoms with Gasteiger partial charge in [0.2, 0.25) is 0 Å². The van der Waals surface area contributed by atoms with Crippen LogP contribution in [0.15, 0.2) is 22.2 Å². The Kier molecular flexibility index (Phi) is 0.665. The zero-order valence-electron chi connectivity index (χ0n) is 2.72. The quantitative estimate of drug-likeness (QED) is 0.413. The van der Waals surface area contributed by atoms with Crippen molar-refractivity contribution in [2.45, 2.75) is 0 Å². The van der Waals surface area contributed by atoms with Crippen molar-refractivity contribution in [3.05, 3.63) is 17.8 Å². The molecule has 0 aromatic carbocycles. The molecule has 1 aromatic heterocycles. The molecule has 2 heteroatoms. The Hall–Kier alpha value is -0.373. The minimum Gasteiger partial charge on any atom is -0.479 e. The molecule has 0 atom stereocenters. The highest BCUT2D eigenvalue weighted by atomic mass is 28.2. The van der Waals surface area contributed by atoms with Crippen molar-refractivity contribution in [1.82, 2.24) is 0 Å². The highest BCUT2D eigenvalue weighted by Crippen LogP contribution is 1.71. The minimum atomic E-state index is 0.398. The normalized spacial score (nSPS) is 8.00. The second-order valence-corrected chi connectivity index (χ2v) is 1.84. The summed E-state index contributed by atoms with van der Waals surface area (Å²) >= 11 is 0. The number of hydrogen-bond donors (Lipinski definition) is 0. The molecule has 0 saturated heterocycles. The lowest BCUT2D eigenvalue weighted by molar-refractivity contribution is 0.572. The second-order valence-electron chi connectivity index (χ2n) is 0.793. The van der Waals surface area contributed by atoms with Gasteiger partial charge in [-0.05, 0) is 5.68 Å². The topological polar surface area (TPSA) is 13.1 Å². The Morgan fingerprint density at radius 1 is 1.60 bits per heavy atom. The Labute approximate surface area is 32.4 Å². The third-order valence-corrected chi connectivity index (χ3v) is 1.12. The summed E-state index contributed by atoms with van der Waals surface area (Å²) in [4.78, 5) is 0. The minimum absolute atomic E-state index is 0.398. The highest BCUT2D eigenvalue weighted by molar-refractivity contribution is 6.25. The second kappa shape index (κ2) is 1.17. The van der Waals surface area contributed by atoms with E-state index in [-0.39, 0.29) is 0 Å². The summed E-state index contributed by atoms with van der Waals surface area (Å²) in [6.45, 7) is 0. The molecule has 0 N–H and O–H groups in total. The van der Waals surface area contributed by atoms with Crippen molar-refractivity contribution in [1.29, 1.82) is 0 Å². The lowest BCUT2D eigenvalue weighted by atomic mass is 11.1. The van der Waals surface area contributed by atoms with Crippen molar-refractivity contribution in [3.8, 4) is 0 Å². The summed E-state index contributed by atoms with van der Waals surface area (Å²) in [5, 5.41) is 0.